The highest BCUT2D eigenvalue weighted by Gasteiger charge is 2.51. The number of ether oxygens (including phenoxy) is 1. The van der Waals surface area contributed by atoms with Crippen molar-refractivity contribution in [1.82, 2.24) is 19.5 Å². The molecule has 3 N–H and O–H groups in total. The van der Waals surface area contributed by atoms with Crippen LogP contribution in [-0.2, 0) is 15.8 Å². The molecule has 0 spiro atoms. The summed E-state index contributed by atoms with van der Waals surface area (Å²) in [7, 11) is -5.53. The van der Waals surface area contributed by atoms with E-state index in [4.69, 9.17) is 14.5 Å². The Labute approximate surface area is 140 Å². The second kappa shape index (κ2) is 6.56. The van der Waals surface area contributed by atoms with Gasteiger partial charge in [-0.2, -0.15) is 8.78 Å². The van der Waals surface area contributed by atoms with Crippen LogP contribution < -0.4 is 5.56 Å². The molecule has 3 heterocycles. The predicted octanol–water partition coefficient (Wildman–Crippen LogP) is 0.933. The van der Waals surface area contributed by atoms with Gasteiger partial charge in [0.25, 0.3) is 5.56 Å². The van der Waals surface area contributed by atoms with E-state index in [-0.39, 0.29) is 31.7 Å². The summed E-state index contributed by atoms with van der Waals surface area (Å²) in [4.78, 5) is 39.8. The fourth-order valence-electron chi connectivity index (χ4n) is 3.02. The zero-order chi connectivity index (χ0) is 18.2. The minimum Gasteiger partial charge on any atom is -0.381 e. The number of rotatable bonds is 5. The summed E-state index contributed by atoms with van der Waals surface area (Å²) >= 11 is 0. The summed E-state index contributed by atoms with van der Waals surface area (Å²) in [5.41, 5.74) is -4.04. The first-order valence-corrected chi connectivity index (χ1v) is 9.20. The summed E-state index contributed by atoms with van der Waals surface area (Å²) in [5, 5.41) is 0. The van der Waals surface area contributed by atoms with Crippen molar-refractivity contribution in [2.75, 3.05) is 13.2 Å². The highest BCUT2D eigenvalue weighted by atomic mass is 31.2. The third-order valence-corrected chi connectivity index (χ3v) is 5.44. The standard InChI is InChI=1S/C13H17F2N4O5P/c14-13(15,25(21,22)23)3-8-1-2-24-5-9(8)4-19-7-18-10-11(19)16-6-17-12(10)20/h6-9H,1-5H2,(H,16,17,20)(H2,21,22,23)/t8-,9+/m1/s1. The fraction of sp³-hybridized carbons (Fsp3) is 0.615. The number of H-pyrrole nitrogens is 1. The number of aromatic nitrogens is 4. The predicted molar refractivity (Wildman–Crippen MR) is 82.2 cm³/mol. The fourth-order valence-corrected chi connectivity index (χ4v) is 3.50. The molecular formula is C13H17F2N4O5P. The monoisotopic (exact) mass is 378 g/mol. The lowest BCUT2D eigenvalue weighted by atomic mass is 9.85. The van der Waals surface area contributed by atoms with Crippen LogP contribution in [0, 0.1) is 11.8 Å². The average Bonchev–Trinajstić information content (AvgIpc) is 2.92. The van der Waals surface area contributed by atoms with E-state index in [2.05, 4.69) is 15.0 Å². The van der Waals surface area contributed by atoms with Crippen LogP contribution in [0.25, 0.3) is 11.2 Å². The van der Waals surface area contributed by atoms with E-state index in [0.717, 1.165) is 0 Å². The van der Waals surface area contributed by atoms with E-state index in [0.29, 0.717) is 5.65 Å². The van der Waals surface area contributed by atoms with Crippen molar-refractivity contribution in [3.63, 3.8) is 0 Å². The first kappa shape index (κ1) is 18.1. The van der Waals surface area contributed by atoms with Crippen molar-refractivity contribution < 1.29 is 27.9 Å². The number of nitrogens with one attached hydrogen (secondary N) is 1. The van der Waals surface area contributed by atoms with Crippen molar-refractivity contribution in [3.8, 4) is 0 Å². The molecule has 3 rings (SSSR count). The Balaban J connectivity index is 1.83. The van der Waals surface area contributed by atoms with Gasteiger partial charge in [0.1, 0.15) is 0 Å². The van der Waals surface area contributed by atoms with E-state index in [1.807, 2.05) is 0 Å². The number of hydrogen-bond donors (Lipinski definition) is 3. The van der Waals surface area contributed by atoms with Gasteiger partial charge in [-0.05, 0) is 12.3 Å². The molecule has 0 unspecified atom stereocenters. The number of fused-ring (bicyclic) bond motifs is 1. The number of nitrogens with zero attached hydrogens (tertiary/aromatic N) is 3. The van der Waals surface area contributed by atoms with Crippen LogP contribution in [0.1, 0.15) is 12.8 Å². The Morgan fingerprint density at radius 1 is 1.40 bits per heavy atom. The molecule has 2 aromatic heterocycles. The van der Waals surface area contributed by atoms with Crippen LogP contribution in [0.2, 0.25) is 0 Å². The number of aromatic amines is 1. The Morgan fingerprint density at radius 3 is 2.88 bits per heavy atom. The summed E-state index contributed by atoms with van der Waals surface area (Å²) in [6.07, 6.45) is 1.95. The van der Waals surface area contributed by atoms with Crippen LogP contribution >= 0.6 is 7.60 Å². The maximum atomic E-state index is 13.8. The van der Waals surface area contributed by atoms with Crippen LogP contribution in [0.5, 0.6) is 0 Å². The van der Waals surface area contributed by atoms with Gasteiger partial charge in [-0.1, -0.05) is 0 Å². The Bertz CT molecular complexity index is 863. The quantitative estimate of drug-likeness (QED) is 0.660. The molecule has 1 saturated heterocycles. The Morgan fingerprint density at radius 2 is 2.16 bits per heavy atom. The third kappa shape index (κ3) is 3.64. The molecule has 0 radical (unpaired) electrons. The molecule has 12 heteroatoms. The summed E-state index contributed by atoms with van der Waals surface area (Å²) in [5.74, 6) is -1.06. The van der Waals surface area contributed by atoms with Crippen LogP contribution in [0.4, 0.5) is 8.78 Å². The van der Waals surface area contributed by atoms with Crippen molar-refractivity contribution in [2.45, 2.75) is 25.1 Å². The minimum absolute atomic E-state index is 0.135. The molecule has 0 bridgehead atoms. The highest BCUT2D eigenvalue weighted by Crippen LogP contribution is 2.56. The largest absolute Gasteiger partial charge is 0.394 e. The summed E-state index contributed by atoms with van der Waals surface area (Å²) in [6, 6.07) is 0. The summed E-state index contributed by atoms with van der Waals surface area (Å²) < 4.78 is 45.5. The molecule has 0 amide bonds. The smallest absolute Gasteiger partial charge is 0.381 e. The van der Waals surface area contributed by atoms with E-state index in [9.17, 15) is 18.1 Å². The van der Waals surface area contributed by atoms with Gasteiger partial charge in [0.05, 0.1) is 19.3 Å². The number of halogens is 2. The topological polar surface area (TPSA) is 130 Å². The molecule has 1 aliphatic heterocycles. The zero-order valence-corrected chi connectivity index (χ0v) is 13.9. The molecule has 0 aliphatic carbocycles. The van der Waals surface area contributed by atoms with Gasteiger partial charge in [0.15, 0.2) is 11.2 Å². The molecule has 1 fully saturated rings. The lowest BCUT2D eigenvalue weighted by Gasteiger charge is -2.34. The molecule has 2 atom stereocenters. The van der Waals surface area contributed by atoms with Crippen molar-refractivity contribution in [2.24, 2.45) is 11.8 Å². The second-order valence-corrected chi connectivity index (χ2v) is 7.84. The number of hydrogen-bond acceptors (Lipinski definition) is 5. The van der Waals surface area contributed by atoms with Gasteiger partial charge in [-0.3, -0.25) is 9.36 Å². The van der Waals surface area contributed by atoms with Crippen LogP contribution in [0.3, 0.4) is 0 Å². The molecular weight excluding hydrogens is 361 g/mol. The maximum Gasteiger partial charge on any atom is 0.394 e. The number of alkyl halides is 2. The second-order valence-electron chi connectivity index (χ2n) is 6.10. The highest BCUT2D eigenvalue weighted by molar-refractivity contribution is 7.53. The molecule has 1 aliphatic rings. The molecule has 0 saturated carbocycles. The van der Waals surface area contributed by atoms with Gasteiger partial charge in [0.2, 0.25) is 0 Å². The molecule has 9 nitrogen and oxygen atoms in total. The third-order valence-electron chi connectivity index (χ3n) is 4.40. The Hall–Kier alpha value is -1.68. The van der Waals surface area contributed by atoms with Crippen molar-refractivity contribution in [3.05, 3.63) is 23.0 Å². The van der Waals surface area contributed by atoms with E-state index >= 15 is 0 Å². The first-order valence-electron chi connectivity index (χ1n) is 7.59. The lowest BCUT2D eigenvalue weighted by Crippen LogP contribution is -2.35. The molecule has 0 aromatic carbocycles. The van der Waals surface area contributed by atoms with Gasteiger partial charge in [-0.15, -0.1) is 0 Å². The molecule has 25 heavy (non-hydrogen) atoms. The SMILES string of the molecule is O=c1[nH]cnc2c1ncn2C[C@H]1COCC[C@@H]1CC(F)(F)P(=O)(O)O. The first-order chi connectivity index (χ1) is 11.7. The summed E-state index contributed by atoms with van der Waals surface area (Å²) in [6.45, 7) is 0.626. The van der Waals surface area contributed by atoms with Gasteiger partial charge < -0.3 is 24.1 Å². The minimum atomic E-state index is -5.53. The van der Waals surface area contributed by atoms with Gasteiger partial charge >= 0.3 is 13.3 Å². The normalized spacial score (nSPS) is 22.4. The zero-order valence-electron chi connectivity index (χ0n) is 13.0. The van der Waals surface area contributed by atoms with E-state index < -0.39 is 37.1 Å². The maximum absolute atomic E-state index is 13.8. The molecule has 2 aromatic rings. The van der Waals surface area contributed by atoms with Crippen molar-refractivity contribution in [1.29, 1.82) is 0 Å². The van der Waals surface area contributed by atoms with E-state index in [1.54, 1.807) is 4.57 Å². The number of imidazole rings is 1. The Kier molecular flexibility index (Phi) is 4.76. The van der Waals surface area contributed by atoms with Gasteiger partial charge in [-0.25, -0.2) is 9.97 Å². The van der Waals surface area contributed by atoms with Gasteiger partial charge in [0, 0.05) is 25.5 Å². The van der Waals surface area contributed by atoms with E-state index in [1.165, 1.54) is 12.7 Å². The lowest BCUT2D eigenvalue weighted by molar-refractivity contribution is -0.0340. The average molecular weight is 378 g/mol. The molecule has 138 valence electrons. The van der Waals surface area contributed by atoms with Crippen LogP contribution in [0.15, 0.2) is 17.4 Å². The van der Waals surface area contributed by atoms with Crippen LogP contribution in [-0.4, -0.2) is 48.2 Å². The van der Waals surface area contributed by atoms with Crippen molar-refractivity contribution >= 4 is 18.8 Å².